The van der Waals surface area contributed by atoms with Gasteiger partial charge in [-0.15, -0.1) is 0 Å². The van der Waals surface area contributed by atoms with Gasteiger partial charge < -0.3 is 10.2 Å². The van der Waals surface area contributed by atoms with Crippen LogP contribution in [0.25, 0.3) is 0 Å². The van der Waals surface area contributed by atoms with Crippen molar-refractivity contribution in [2.75, 3.05) is 18.0 Å². The number of aromatic nitrogens is 3. The zero-order valence-corrected chi connectivity index (χ0v) is 16.5. The predicted octanol–water partition coefficient (Wildman–Crippen LogP) is 2.33. The Balaban J connectivity index is 1.41. The first-order valence-electron chi connectivity index (χ1n) is 9.53. The Morgan fingerprint density at radius 2 is 1.97 bits per heavy atom. The Morgan fingerprint density at radius 1 is 1.17 bits per heavy atom. The highest BCUT2D eigenvalue weighted by Gasteiger charge is 2.30. The molecule has 1 aromatic carbocycles. The molecule has 1 aliphatic rings. The lowest BCUT2D eigenvalue weighted by Crippen LogP contribution is -2.32. The number of benzene rings is 1. The predicted molar refractivity (Wildman–Crippen MR) is 108 cm³/mol. The first kappa shape index (κ1) is 19.6. The van der Waals surface area contributed by atoms with Crippen molar-refractivity contribution >= 4 is 17.8 Å². The van der Waals surface area contributed by atoms with Crippen LogP contribution >= 0.6 is 0 Å². The number of amides is 3. The summed E-state index contributed by atoms with van der Waals surface area (Å²) in [6, 6.07) is 10.9. The molecule has 1 fully saturated rings. The molecule has 0 radical (unpaired) electrons. The fourth-order valence-electron chi connectivity index (χ4n) is 3.29. The van der Waals surface area contributed by atoms with Gasteiger partial charge in [0.15, 0.2) is 0 Å². The number of urea groups is 1. The van der Waals surface area contributed by atoms with Gasteiger partial charge in [-0.3, -0.25) is 14.4 Å². The van der Waals surface area contributed by atoms with Crippen LogP contribution in [0.1, 0.15) is 21.6 Å². The first-order chi connectivity index (χ1) is 14.5. The molecule has 1 aliphatic heterocycles. The number of aryl methyl sites for hydroxylation is 1. The van der Waals surface area contributed by atoms with Gasteiger partial charge in [-0.2, -0.15) is 5.10 Å². The van der Waals surface area contributed by atoms with Crippen LogP contribution in [-0.4, -0.2) is 44.7 Å². The topological polar surface area (TPSA) is 83.4 Å². The molecule has 0 unspecified atom stereocenters. The molecule has 3 aromatic rings. The van der Waals surface area contributed by atoms with Gasteiger partial charge in [-0.05, 0) is 35.9 Å². The monoisotopic (exact) mass is 408 g/mol. The number of halogens is 1. The molecule has 8 nitrogen and oxygen atoms in total. The molecule has 0 saturated carbocycles. The zero-order chi connectivity index (χ0) is 21.1. The molecule has 3 heterocycles. The van der Waals surface area contributed by atoms with E-state index in [0.717, 1.165) is 11.3 Å². The molecule has 3 amide bonds. The summed E-state index contributed by atoms with van der Waals surface area (Å²) in [5, 5.41) is 7.04. The van der Waals surface area contributed by atoms with Gasteiger partial charge in [0, 0.05) is 44.6 Å². The minimum atomic E-state index is -0.310. The Kier molecular flexibility index (Phi) is 5.42. The molecule has 30 heavy (non-hydrogen) atoms. The Bertz CT molecular complexity index is 1070. The molecular formula is C21H21FN6O2. The van der Waals surface area contributed by atoms with Gasteiger partial charge in [0.1, 0.15) is 11.6 Å². The molecular weight excluding hydrogens is 387 g/mol. The van der Waals surface area contributed by atoms with Crippen LogP contribution < -0.4 is 10.2 Å². The van der Waals surface area contributed by atoms with E-state index >= 15 is 0 Å². The highest BCUT2D eigenvalue weighted by atomic mass is 19.1. The number of anilines is 1. The van der Waals surface area contributed by atoms with Gasteiger partial charge >= 0.3 is 6.03 Å². The fourth-order valence-corrected chi connectivity index (χ4v) is 3.29. The van der Waals surface area contributed by atoms with Gasteiger partial charge in [-0.25, -0.2) is 14.2 Å². The Morgan fingerprint density at radius 3 is 2.70 bits per heavy atom. The summed E-state index contributed by atoms with van der Waals surface area (Å²) in [4.78, 5) is 32.8. The highest BCUT2D eigenvalue weighted by molar-refractivity contribution is 5.97. The summed E-state index contributed by atoms with van der Waals surface area (Å²) in [7, 11) is 1.81. The normalized spacial score (nSPS) is 13.7. The Labute approximate surface area is 172 Å². The quantitative estimate of drug-likeness (QED) is 0.679. The average Bonchev–Trinajstić information content (AvgIpc) is 3.33. The van der Waals surface area contributed by atoms with Crippen LogP contribution in [-0.2, 0) is 20.1 Å². The zero-order valence-electron chi connectivity index (χ0n) is 16.5. The fraction of sp³-hybridized carbons (Fsp3) is 0.238. The first-order valence-corrected chi connectivity index (χ1v) is 9.53. The second kappa shape index (κ2) is 8.32. The standard InChI is InChI=1S/C21H21FN6O2/c1-26-9-7-18(25-26)13-24-20(29)16-6-8-23-19(12-16)28-11-10-27(21(28)30)14-15-2-4-17(22)5-3-15/h2-9,12H,10-11,13-14H2,1H3,(H,24,29). The number of hydrogen-bond donors (Lipinski definition) is 1. The van der Waals surface area contributed by atoms with Crippen molar-refractivity contribution < 1.29 is 14.0 Å². The highest BCUT2D eigenvalue weighted by Crippen LogP contribution is 2.21. The summed E-state index contributed by atoms with van der Waals surface area (Å²) in [5.41, 5.74) is 2.02. The lowest BCUT2D eigenvalue weighted by atomic mass is 10.2. The molecule has 9 heteroatoms. The summed E-state index contributed by atoms with van der Waals surface area (Å²) in [6.07, 6.45) is 3.32. The van der Waals surface area contributed by atoms with E-state index in [1.54, 1.807) is 38.7 Å². The SMILES string of the molecule is Cn1ccc(CNC(=O)c2ccnc(N3CCN(Cc4ccc(F)cc4)C3=O)c2)n1. The molecule has 0 atom stereocenters. The van der Waals surface area contributed by atoms with Crippen molar-refractivity contribution in [3.8, 4) is 0 Å². The minimum absolute atomic E-state index is 0.196. The van der Waals surface area contributed by atoms with E-state index in [1.807, 2.05) is 19.3 Å². The van der Waals surface area contributed by atoms with Crippen LogP contribution in [0, 0.1) is 5.82 Å². The van der Waals surface area contributed by atoms with Crippen molar-refractivity contribution in [2.45, 2.75) is 13.1 Å². The van der Waals surface area contributed by atoms with Crippen molar-refractivity contribution in [1.82, 2.24) is 25.0 Å². The number of hydrogen-bond acceptors (Lipinski definition) is 4. The maximum atomic E-state index is 13.1. The lowest BCUT2D eigenvalue weighted by molar-refractivity contribution is 0.0950. The van der Waals surface area contributed by atoms with Crippen LogP contribution in [0.15, 0.2) is 54.9 Å². The van der Waals surface area contributed by atoms with E-state index in [-0.39, 0.29) is 17.8 Å². The summed E-state index contributed by atoms with van der Waals surface area (Å²) in [6.45, 7) is 1.69. The number of pyridine rings is 1. The van der Waals surface area contributed by atoms with Crippen molar-refractivity contribution in [2.24, 2.45) is 7.05 Å². The lowest BCUT2D eigenvalue weighted by Gasteiger charge is -2.18. The van der Waals surface area contributed by atoms with Crippen LogP contribution in [0.3, 0.4) is 0 Å². The molecule has 1 saturated heterocycles. The average molecular weight is 408 g/mol. The molecule has 0 spiro atoms. The number of nitrogens with one attached hydrogen (secondary N) is 1. The third kappa shape index (κ3) is 4.29. The maximum Gasteiger partial charge on any atom is 0.326 e. The molecule has 154 valence electrons. The number of carbonyl (C=O) groups is 2. The van der Waals surface area contributed by atoms with Crippen LogP contribution in [0.2, 0.25) is 0 Å². The largest absolute Gasteiger partial charge is 0.346 e. The van der Waals surface area contributed by atoms with Crippen molar-refractivity contribution in [3.05, 3.63) is 77.5 Å². The van der Waals surface area contributed by atoms with E-state index in [1.165, 1.54) is 18.3 Å². The molecule has 0 aliphatic carbocycles. The van der Waals surface area contributed by atoms with Gasteiger partial charge in [0.05, 0.1) is 12.2 Å². The van der Waals surface area contributed by atoms with Crippen LogP contribution in [0.5, 0.6) is 0 Å². The van der Waals surface area contributed by atoms with Gasteiger partial charge in [-0.1, -0.05) is 12.1 Å². The number of rotatable bonds is 6. The van der Waals surface area contributed by atoms with E-state index in [2.05, 4.69) is 15.4 Å². The second-order valence-corrected chi connectivity index (χ2v) is 7.05. The molecule has 0 bridgehead atoms. The second-order valence-electron chi connectivity index (χ2n) is 7.05. The van der Waals surface area contributed by atoms with Crippen molar-refractivity contribution in [1.29, 1.82) is 0 Å². The van der Waals surface area contributed by atoms with Gasteiger partial charge in [0.2, 0.25) is 0 Å². The van der Waals surface area contributed by atoms with E-state index in [9.17, 15) is 14.0 Å². The van der Waals surface area contributed by atoms with Gasteiger partial charge in [0.25, 0.3) is 5.91 Å². The Hall–Kier alpha value is -3.75. The third-order valence-electron chi connectivity index (χ3n) is 4.86. The summed E-state index contributed by atoms with van der Waals surface area (Å²) in [5.74, 6) is -0.151. The smallest absolute Gasteiger partial charge is 0.326 e. The maximum absolute atomic E-state index is 13.1. The van der Waals surface area contributed by atoms with E-state index in [0.29, 0.717) is 37.6 Å². The third-order valence-corrected chi connectivity index (χ3v) is 4.86. The molecule has 2 aromatic heterocycles. The number of nitrogens with zero attached hydrogens (tertiary/aromatic N) is 5. The summed E-state index contributed by atoms with van der Waals surface area (Å²) >= 11 is 0. The number of carbonyl (C=O) groups excluding carboxylic acids is 2. The van der Waals surface area contributed by atoms with E-state index in [4.69, 9.17) is 0 Å². The minimum Gasteiger partial charge on any atom is -0.346 e. The van der Waals surface area contributed by atoms with Crippen molar-refractivity contribution in [3.63, 3.8) is 0 Å². The molecule has 1 N–H and O–H groups in total. The van der Waals surface area contributed by atoms with E-state index < -0.39 is 0 Å². The summed E-state index contributed by atoms with van der Waals surface area (Å²) < 4.78 is 14.8. The van der Waals surface area contributed by atoms with Crippen LogP contribution in [0.4, 0.5) is 15.0 Å². The molecule has 4 rings (SSSR count).